The van der Waals surface area contributed by atoms with Crippen molar-refractivity contribution in [2.45, 2.75) is 56.2 Å². The van der Waals surface area contributed by atoms with Crippen LogP contribution in [0, 0.1) is 0 Å². The number of benzene rings is 1. The van der Waals surface area contributed by atoms with Crippen LogP contribution in [0.25, 0.3) is 0 Å². The molecule has 12 heteroatoms. The number of aldehydes is 1. The molecule has 198 valence electrons. The van der Waals surface area contributed by atoms with E-state index in [1.807, 2.05) is 4.90 Å². The fraction of sp³-hybridized carbons (Fsp3) is 0.520. The first-order valence-electron chi connectivity index (χ1n) is 12.4. The minimum Gasteiger partial charge on any atom is -0.507 e. The molecule has 3 N–H and O–H groups in total. The minimum atomic E-state index is -0.490. The molecule has 4 atom stereocenters. The molecule has 1 aromatic heterocycles. The maximum absolute atomic E-state index is 12.8. The van der Waals surface area contributed by atoms with E-state index in [1.165, 1.54) is 19.2 Å². The van der Waals surface area contributed by atoms with Crippen LogP contribution in [0.4, 0.5) is 10.6 Å². The molecule has 2 aliphatic heterocycles. The van der Waals surface area contributed by atoms with Crippen LogP contribution in [0.15, 0.2) is 18.2 Å². The number of amides is 2. The summed E-state index contributed by atoms with van der Waals surface area (Å²) in [6.45, 7) is 0.750. The molecule has 2 bridgehead atoms. The van der Waals surface area contributed by atoms with Crippen molar-refractivity contribution in [1.82, 2.24) is 15.1 Å². The van der Waals surface area contributed by atoms with Crippen LogP contribution >= 0.6 is 0 Å². The molecule has 1 aliphatic carbocycles. The number of carbonyl (C=O) groups is 3. The summed E-state index contributed by atoms with van der Waals surface area (Å²) in [4.78, 5) is 38.3. The number of aromatic nitrogens is 2. The number of carbonyl (C=O) groups excluding carboxylic acids is 3. The Morgan fingerprint density at radius 3 is 2.73 bits per heavy atom. The highest BCUT2D eigenvalue weighted by Gasteiger charge is 2.42. The number of hydrogen-bond donors (Lipinski definition) is 3. The third-order valence-corrected chi connectivity index (χ3v) is 7.21. The van der Waals surface area contributed by atoms with Crippen molar-refractivity contribution in [3.05, 3.63) is 29.5 Å². The van der Waals surface area contributed by atoms with Crippen LogP contribution in [0.2, 0.25) is 0 Å². The lowest BCUT2D eigenvalue weighted by Crippen LogP contribution is -2.49. The van der Waals surface area contributed by atoms with Gasteiger partial charge in [0.2, 0.25) is 0 Å². The lowest BCUT2D eigenvalue weighted by atomic mass is 10.0. The number of nitrogens with zero attached hydrogens (tertiary/aromatic N) is 2. The topological polar surface area (TPSA) is 152 Å². The van der Waals surface area contributed by atoms with E-state index in [0.717, 1.165) is 31.4 Å². The Kier molecular flexibility index (Phi) is 7.17. The summed E-state index contributed by atoms with van der Waals surface area (Å²) >= 11 is 0. The van der Waals surface area contributed by atoms with E-state index in [1.54, 1.807) is 6.07 Å². The van der Waals surface area contributed by atoms with Gasteiger partial charge in [0, 0.05) is 29.8 Å². The van der Waals surface area contributed by atoms with Gasteiger partial charge < -0.3 is 29.4 Å². The summed E-state index contributed by atoms with van der Waals surface area (Å²) in [7, 11) is 1.41. The molecular weight excluding hydrogens is 484 g/mol. The lowest BCUT2D eigenvalue weighted by Gasteiger charge is -2.34. The van der Waals surface area contributed by atoms with Gasteiger partial charge in [-0.25, -0.2) is 4.79 Å². The number of rotatable bonds is 8. The molecule has 1 aromatic carbocycles. The van der Waals surface area contributed by atoms with E-state index in [9.17, 15) is 19.5 Å². The highest BCUT2D eigenvalue weighted by molar-refractivity contribution is 5.91. The van der Waals surface area contributed by atoms with Gasteiger partial charge in [-0.15, -0.1) is 0 Å². The Hall–Kier alpha value is -3.80. The van der Waals surface area contributed by atoms with Crippen molar-refractivity contribution in [3.8, 4) is 17.2 Å². The van der Waals surface area contributed by atoms with Gasteiger partial charge in [0.15, 0.2) is 18.7 Å². The number of ether oxygens (including phenoxy) is 4. The van der Waals surface area contributed by atoms with Crippen molar-refractivity contribution in [3.63, 3.8) is 0 Å². The molecule has 12 nitrogen and oxygen atoms in total. The molecule has 2 unspecified atom stereocenters. The maximum atomic E-state index is 12.8. The summed E-state index contributed by atoms with van der Waals surface area (Å²) < 4.78 is 21.9. The van der Waals surface area contributed by atoms with Crippen molar-refractivity contribution in [2.24, 2.45) is 0 Å². The van der Waals surface area contributed by atoms with Gasteiger partial charge in [-0.05, 0) is 32.1 Å². The predicted molar refractivity (Wildman–Crippen MR) is 129 cm³/mol. The zero-order chi connectivity index (χ0) is 25.9. The molecule has 3 aliphatic rings. The number of morpholine rings is 1. The van der Waals surface area contributed by atoms with Crippen molar-refractivity contribution < 1.29 is 38.4 Å². The van der Waals surface area contributed by atoms with E-state index in [2.05, 4.69) is 15.5 Å². The molecule has 0 spiro atoms. The normalized spacial score (nSPS) is 24.5. The smallest absolute Gasteiger partial charge is 0.410 e. The van der Waals surface area contributed by atoms with Gasteiger partial charge in [0.05, 0.1) is 38.0 Å². The van der Waals surface area contributed by atoms with E-state index in [0.29, 0.717) is 31.7 Å². The van der Waals surface area contributed by atoms with Crippen molar-refractivity contribution in [2.75, 3.05) is 32.2 Å². The molecule has 0 radical (unpaired) electrons. The first-order chi connectivity index (χ1) is 17.9. The van der Waals surface area contributed by atoms with E-state index in [-0.39, 0.29) is 53.0 Å². The number of nitrogens with one attached hydrogen (secondary N) is 2. The molecule has 5 rings (SSSR count). The number of aromatic amines is 1. The van der Waals surface area contributed by atoms with Crippen LogP contribution in [0.3, 0.4) is 0 Å². The zero-order valence-corrected chi connectivity index (χ0v) is 20.5. The average Bonchev–Trinajstić information content (AvgIpc) is 3.60. The SMILES string of the molecule is COc1cc(O)c(C=O)c(OCC(=O)Nc2cc([C@H]3CC[C@@H](OC(=O)N4C5CCC4COC5)C3)[nH]n2)c1. The summed E-state index contributed by atoms with van der Waals surface area (Å²) in [5.41, 5.74) is 0.774. The van der Waals surface area contributed by atoms with Crippen LogP contribution in [-0.4, -0.2) is 83.6 Å². The van der Waals surface area contributed by atoms with Crippen molar-refractivity contribution >= 4 is 24.1 Å². The standard InChI is InChI=1S/C25H30N4O8/c1-34-18-7-21(31)19(10-30)22(8-18)36-13-24(32)26-23-9-20(27-28-23)14-2-5-17(6-14)37-25(33)29-15-3-4-16(29)12-35-11-15/h7-10,14-17,31H,2-6,11-13H2,1H3,(H2,26,27,28,32)/t14-,15?,16?,17+/m0/s1. The highest BCUT2D eigenvalue weighted by atomic mass is 16.6. The van der Waals surface area contributed by atoms with E-state index >= 15 is 0 Å². The zero-order valence-electron chi connectivity index (χ0n) is 20.5. The van der Waals surface area contributed by atoms with Gasteiger partial charge in [-0.1, -0.05) is 0 Å². The summed E-state index contributed by atoms with van der Waals surface area (Å²) in [6.07, 6.45) is 4.22. The number of fused-ring (bicyclic) bond motifs is 2. The molecule has 1 saturated carbocycles. The Morgan fingerprint density at radius 1 is 1.22 bits per heavy atom. The van der Waals surface area contributed by atoms with Gasteiger partial charge in [-0.2, -0.15) is 5.10 Å². The lowest BCUT2D eigenvalue weighted by molar-refractivity contribution is -0.118. The predicted octanol–water partition coefficient (Wildman–Crippen LogP) is 2.59. The molecule has 2 aromatic rings. The van der Waals surface area contributed by atoms with Crippen LogP contribution in [0.5, 0.6) is 17.2 Å². The Bertz CT molecular complexity index is 1150. The number of aromatic hydroxyl groups is 1. The van der Waals surface area contributed by atoms with E-state index in [4.69, 9.17) is 18.9 Å². The summed E-state index contributed by atoms with van der Waals surface area (Å²) in [6, 6.07) is 4.68. The molecule has 2 amide bonds. The monoisotopic (exact) mass is 514 g/mol. The second-order valence-corrected chi connectivity index (χ2v) is 9.57. The third kappa shape index (κ3) is 5.33. The summed E-state index contributed by atoms with van der Waals surface area (Å²) in [5, 5.41) is 19.7. The molecule has 3 fully saturated rings. The van der Waals surface area contributed by atoms with Crippen LogP contribution < -0.4 is 14.8 Å². The van der Waals surface area contributed by atoms with Crippen LogP contribution in [0.1, 0.15) is 54.1 Å². The fourth-order valence-electron chi connectivity index (χ4n) is 5.33. The number of anilines is 1. The Balaban J connectivity index is 1.12. The second kappa shape index (κ2) is 10.7. The van der Waals surface area contributed by atoms with Crippen LogP contribution in [-0.2, 0) is 14.3 Å². The minimum absolute atomic E-state index is 0.0290. The summed E-state index contributed by atoms with van der Waals surface area (Å²) in [5.74, 6) is -0.0219. The first-order valence-corrected chi connectivity index (χ1v) is 12.4. The molecule has 37 heavy (non-hydrogen) atoms. The van der Waals surface area contributed by atoms with Gasteiger partial charge in [0.25, 0.3) is 5.91 Å². The quantitative estimate of drug-likeness (QED) is 0.451. The highest BCUT2D eigenvalue weighted by Crippen LogP contribution is 2.37. The van der Waals surface area contributed by atoms with Gasteiger partial charge >= 0.3 is 6.09 Å². The largest absolute Gasteiger partial charge is 0.507 e. The number of methoxy groups -OCH3 is 1. The number of H-pyrrole nitrogens is 1. The van der Waals surface area contributed by atoms with E-state index < -0.39 is 12.5 Å². The number of phenolic OH excluding ortho intramolecular Hbond substituents is 1. The first kappa shape index (κ1) is 24.9. The molecule has 2 saturated heterocycles. The Labute approximate surface area is 213 Å². The number of phenols is 1. The molecule has 3 heterocycles. The number of hydrogen-bond acceptors (Lipinski definition) is 9. The van der Waals surface area contributed by atoms with Crippen molar-refractivity contribution in [1.29, 1.82) is 0 Å². The molecular formula is C25H30N4O8. The Morgan fingerprint density at radius 2 is 2.00 bits per heavy atom. The third-order valence-electron chi connectivity index (χ3n) is 7.21. The maximum Gasteiger partial charge on any atom is 0.410 e. The second-order valence-electron chi connectivity index (χ2n) is 9.57. The average molecular weight is 515 g/mol. The fourth-order valence-corrected chi connectivity index (χ4v) is 5.33. The van der Waals surface area contributed by atoms with Gasteiger partial charge in [-0.3, -0.25) is 19.6 Å². The van der Waals surface area contributed by atoms with Gasteiger partial charge in [0.1, 0.15) is 23.4 Å².